The zero-order chi connectivity index (χ0) is 27.0. The summed E-state index contributed by atoms with van der Waals surface area (Å²) in [6.07, 6.45) is 12.4. The molecule has 3 aromatic rings. The summed E-state index contributed by atoms with van der Waals surface area (Å²) in [6.45, 7) is 2.67. The number of ketones is 1. The summed E-state index contributed by atoms with van der Waals surface area (Å²) in [5, 5.41) is 18.5. The summed E-state index contributed by atoms with van der Waals surface area (Å²) >= 11 is 0. The van der Waals surface area contributed by atoms with Gasteiger partial charge < -0.3 is 9.84 Å². The zero-order valence-corrected chi connectivity index (χ0v) is 22.3. The highest BCUT2D eigenvalue weighted by atomic mass is 16.5. The van der Waals surface area contributed by atoms with Gasteiger partial charge in [0, 0.05) is 5.56 Å². The van der Waals surface area contributed by atoms with Gasteiger partial charge in [-0.25, -0.2) is 4.79 Å². The molecule has 0 bridgehead atoms. The number of unbranched alkanes of at least 4 members (excludes halogenated alkanes) is 9. The number of carbonyl (C=O) groups is 2. The Kier molecular flexibility index (Phi) is 12.2. The Morgan fingerprint density at radius 2 is 1.26 bits per heavy atom. The quantitative estimate of drug-likeness (QED) is 0.0893. The van der Waals surface area contributed by atoms with Gasteiger partial charge in [0.15, 0.2) is 5.78 Å². The number of phenolic OH excluding ortho intramolecular Hbond substituents is 1. The summed E-state index contributed by atoms with van der Waals surface area (Å²) in [5.74, 6) is -0.744. The zero-order valence-electron chi connectivity index (χ0n) is 22.3. The minimum atomic E-state index is -0.341. The number of carbonyl (C=O) groups excluding carboxylic acids is 2. The number of rotatable bonds is 16. The van der Waals surface area contributed by atoms with Gasteiger partial charge in [-0.3, -0.25) is 4.79 Å². The standard InChI is InChI=1S/C32H38N2O4/c1-2-3-4-5-6-7-8-9-10-14-23-38-32(37)26-17-19-27(20-18-26)33-34-28-21-22-30(35)29(24-28)31(36)25-15-12-11-13-16-25/h11-13,15-22,24,35H,2-10,14,23H2,1H3. The van der Waals surface area contributed by atoms with Crippen molar-refractivity contribution in [3.05, 3.63) is 89.5 Å². The highest BCUT2D eigenvalue weighted by Crippen LogP contribution is 2.27. The summed E-state index contributed by atoms with van der Waals surface area (Å²) in [7, 11) is 0. The molecule has 0 aliphatic heterocycles. The first-order valence-corrected chi connectivity index (χ1v) is 13.7. The number of nitrogens with zero attached hydrogens (tertiary/aromatic N) is 2. The van der Waals surface area contributed by atoms with Crippen LogP contribution in [0.1, 0.15) is 97.4 Å². The number of hydrogen-bond donors (Lipinski definition) is 1. The summed E-state index contributed by atoms with van der Waals surface area (Å²) in [5.41, 5.74) is 2.10. The van der Waals surface area contributed by atoms with Crippen molar-refractivity contribution in [2.24, 2.45) is 10.2 Å². The van der Waals surface area contributed by atoms with Crippen molar-refractivity contribution in [3.8, 4) is 5.75 Å². The van der Waals surface area contributed by atoms with Gasteiger partial charge in [-0.2, -0.15) is 10.2 Å². The topological polar surface area (TPSA) is 88.3 Å². The van der Waals surface area contributed by atoms with Crippen LogP contribution in [0, 0.1) is 0 Å². The number of ether oxygens (including phenoxy) is 1. The van der Waals surface area contributed by atoms with Crippen molar-refractivity contribution in [2.75, 3.05) is 6.61 Å². The van der Waals surface area contributed by atoms with Crippen molar-refractivity contribution < 1.29 is 19.4 Å². The van der Waals surface area contributed by atoms with E-state index in [9.17, 15) is 14.7 Å². The Labute approximate surface area is 225 Å². The van der Waals surface area contributed by atoms with Crippen LogP contribution in [0.15, 0.2) is 83.0 Å². The maximum Gasteiger partial charge on any atom is 0.338 e. The molecule has 0 amide bonds. The molecule has 1 N–H and O–H groups in total. The second-order valence-corrected chi connectivity index (χ2v) is 9.46. The summed E-state index contributed by atoms with van der Waals surface area (Å²) in [6, 6.07) is 20.0. The molecule has 0 aliphatic carbocycles. The molecule has 0 saturated heterocycles. The van der Waals surface area contributed by atoms with E-state index >= 15 is 0 Å². The average Bonchev–Trinajstić information content (AvgIpc) is 2.95. The molecular formula is C32H38N2O4. The first-order chi connectivity index (χ1) is 18.6. The predicted octanol–water partition coefficient (Wildman–Crippen LogP) is 9.12. The molecule has 0 heterocycles. The second kappa shape index (κ2) is 16.1. The van der Waals surface area contributed by atoms with Crippen molar-refractivity contribution in [3.63, 3.8) is 0 Å². The van der Waals surface area contributed by atoms with Gasteiger partial charge in [-0.05, 0) is 48.9 Å². The van der Waals surface area contributed by atoms with Crippen LogP contribution >= 0.6 is 0 Å². The van der Waals surface area contributed by atoms with Crippen LogP contribution in [0.5, 0.6) is 5.75 Å². The Balaban J connectivity index is 1.42. The van der Waals surface area contributed by atoms with Gasteiger partial charge in [0.25, 0.3) is 0 Å². The minimum Gasteiger partial charge on any atom is -0.507 e. The Morgan fingerprint density at radius 3 is 1.92 bits per heavy atom. The van der Waals surface area contributed by atoms with Gasteiger partial charge in [-0.15, -0.1) is 0 Å². The van der Waals surface area contributed by atoms with E-state index in [4.69, 9.17) is 4.74 Å². The lowest BCUT2D eigenvalue weighted by molar-refractivity contribution is 0.0497. The molecule has 6 nitrogen and oxygen atoms in total. The molecule has 0 fully saturated rings. The normalized spacial score (nSPS) is 11.1. The third-order valence-electron chi connectivity index (χ3n) is 6.38. The van der Waals surface area contributed by atoms with Gasteiger partial charge in [0.1, 0.15) is 5.75 Å². The molecule has 0 atom stereocenters. The van der Waals surface area contributed by atoms with Gasteiger partial charge in [0.05, 0.1) is 29.1 Å². The monoisotopic (exact) mass is 514 g/mol. The molecule has 0 unspecified atom stereocenters. The number of esters is 1. The lowest BCUT2D eigenvalue weighted by atomic mass is 10.0. The lowest BCUT2D eigenvalue weighted by Crippen LogP contribution is -2.06. The van der Waals surface area contributed by atoms with Crippen LogP contribution in [0.25, 0.3) is 0 Å². The first kappa shape index (κ1) is 28.8. The highest BCUT2D eigenvalue weighted by molar-refractivity contribution is 6.11. The SMILES string of the molecule is CCCCCCCCCCCCOC(=O)c1ccc(N=Nc2ccc(O)c(C(=O)c3ccccc3)c2)cc1. The van der Waals surface area contributed by atoms with Gasteiger partial charge in [0.2, 0.25) is 0 Å². The number of phenols is 1. The van der Waals surface area contributed by atoms with Gasteiger partial charge in [-0.1, -0.05) is 95.0 Å². The fourth-order valence-corrected chi connectivity index (χ4v) is 4.13. The van der Waals surface area contributed by atoms with E-state index in [1.54, 1.807) is 54.6 Å². The fourth-order valence-electron chi connectivity index (χ4n) is 4.13. The molecule has 6 heteroatoms. The molecule has 0 radical (unpaired) electrons. The number of benzene rings is 3. The minimum absolute atomic E-state index is 0.113. The smallest absolute Gasteiger partial charge is 0.338 e. The molecule has 0 aromatic heterocycles. The third-order valence-corrected chi connectivity index (χ3v) is 6.38. The summed E-state index contributed by atoms with van der Waals surface area (Å²) < 4.78 is 5.40. The van der Waals surface area contributed by atoms with E-state index in [2.05, 4.69) is 17.2 Å². The maximum atomic E-state index is 12.7. The van der Waals surface area contributed by atoms with Crippen LogP contribution in [-0.4, -0.2) is 23.5 Å². The van der Waals surface area contributed by atoms with Crippen LogP contribution < -0.4 is 0 Å². The lowest BCUT2D eigenvalue weighted by Gasteiger charge is -2.06. The van der Waals surface area contributed by atoms with Crippen molar-refractivity contribution >= 4 is 23.1 Å². The molecular weight excluding hydrogens is 476 g/mol. The van der Waals surface area contributed by atoms with Crippen LogP contribution in [-0.2, 0) is 4.74 Å². The number of aromatic hydroxyl groups is 1. The molecule has 3 aromatic carbocycles. The fraction of sp³-hybridized carbons (Fsp3) is 0.375. The van der Waals surface area contributed by atoms with Crippen molar-refractivity contribution in [1.82, 2.24) is 0 Å². The number of azo groups is 1. The highest BCUT2D eigenvalue weighted by Gasteiger charge is 2.14. The largest absolute Gasteiger partial charge is 0.507 e. The third kappa shape index (κ3) is 9.58. The molecule has 200 valence electrons. The first-order valence-electron chi connectivity index (χ1n) is 13.7. The van der Waals surface area contributed by atoms with Crippen LogP contribution in [0.4, 0.5) is 11.4 Å². The molecule has 3 rings (SSSR count). The maximum absolute atomic E-state index is 12.7. The van der Waals surface area contributed by atoms with E-state index in [1.165, 1.54) is 63.5 Å². The van der Waals surface area contributed by atoms with E-state index in [0.29, 0.717) is 29.1 Å². The second-order valence-electron chi connectivity index (χ2n) is 9.46. The predicted molar refractivity (Wildman–Crippen MR) is 151 cm³/mol. The van der Waals surface area contributed by atoms with E-state index in [1.807, 2.05) is 6.07 Å². The van der Waals surface area contributed by atoms with Crippen LogP contribution in [0.3, 0.4) is 0 Å². The Morgan fingerprint density at radius 1 is 0.684 bits per heavy atom. The molecule has 0 saturated carbocycles. The van der Waals surface area contributed by atoms with E-state index in [-0.39, 0.29) is 23.1 Å². The van der Waals surface area contributed by atoms with Crippen molar-refractivity contribution in [1.29, 1.82) is 0 Å². The van der Waals surface area contributed by atoms with E-state index in [0.717, 1.165) is 12.8 Å². The van der Waals surface area contributed by atoms with Crippen LogP contribution in [0.2, 0.25) is 0 Å². The number of hydrogen-bond acceptors (Lipinski definition) is 6. The van der Waals surface area contributed by atoms with E-state index < -0.39 is 0 Å². The summed E-state index contributed by atoms with van der Waals surface area (Å²) in [4.78, 5) is 25.0. The van der Waals surface area contributed by atoms with Crippen molar-refractivity contribution in [2.45, 2.75) is 71.1 Å². The average molecular weight is 515 g/mol. The van der Waals surface area contributed by atoms with Gasteiger partial charge >= 0.3 is 5.97 Å². The molecule has 38 heavy (non-hydrogen) atoms. The Bertz CT molecular complexity index is 1170. The molecule has 0 aliphatic rings. The Hall–Kier alpha value is -3.80. The molecule has 0 spiro atoms.